The number of nitrogens with zero attached hydrogens (tertiary/aromatic N) is 1. The average Bonchev–Trinajstić information content (AvgIpc) is 2.30. The summed E-state index contributed by atoms with van der Waals surface area (Å²) in [6, 6.07) is 13.7. The van der Waals surface area contributed by atoms with Gasteiger partial charge in [0.05, 0.1) is 0 Å². The minimum Gasteiger partial charge on any atom is -0.399 e. The van der Waals surface area contributed by atoms with Crippen molar-refractivity contribution in [2.24, 2.45) is 0 Å². The number of hydrogen-bond acceptors (Lipinski definition) is 3. The lowest BCUT2D eigenvalue weighted by Gasteiger charge is -2.06. The monoisotopic (exact) mass is 213 g/mol. The van der Waals surface area contributed by atoms with Crippen LogP contribution in [0.25, 0.3) is 0 Å². The molecule has 0 radical (unpaired) electrons. The second-order valence-electron chi connectivity index (χ2n) is 3.62. The summed E-state index contributed by atoms with van der Waals surface area (Å²) < 4.78 is 0. The van der Waals surface area contributed by atoms with Gasteiger partial charge in [-0.3, -0.25) is 4.98 Å². The number of nitrogens with one attached hydrogen (secondary N) is 1. The molecule has 1 heterocycles. The molecule has 1 aromatic heterocycles. The molecule has 3 N–H and O–H groups in total. The Bertz CT molecular complexity index is 440. The van der Waals surface area contributed by atoms with Crippen molar-refractivity contribution in [2.45, 2.75) is 6.42 Å². The number of pyridine rings is 1. The minimum absolute atomic E-state index is 0.780. The average molecular weight is 213 g/mol. The Morgan fingerprint density at radius 1 is 1.12 bits per heavy atom. The molecular weight excluding hydrogens is 198 g/mol. The molecule has 0 saturated carbocycles. The van der Waals surface area contributed by atoms with E-state index in [4.69, 9.17) is 5.73 Å². The molecule has 1 aromatic carbocycles. The summed E-state index contributed by atoms with van der Waals surface area (Å²) in [6.45, 7) is 0.862. The second kappa shape index (κ2) is 5.16. The van der Waals surface area contributed by atoms with Gasteiger partial charge < -0.3 is 11.1 Å². The zero-order chi connectivity index (χ0) is 11.2. The van der Waals surface area contributed by atoms with E-state index in [1.54, 1.807) is 0 Å². The Labute approximate surface area is 95.3 Å². The van der Waals surface area contributed by atoms with Crippen molar-refractivity contribution in [3.63, 3.8) is 0 Å². The highest BCUT2D eigenvalue weighted by atomic mass is 14.9. The van der Waals surface area contributed by atoms with Gasteiger partial charge in [0, 0.05) is 36.2 Å². The van der Waals surface area contributed by atoms with Gasteiger partial charge in [-0.1, -0.05) is 12.1 Å². The maximum Gasteiger partial charge on any atom is 0.0421 e. The SMILES string of the molecule is Nc1cccc(NCCc2ccccn2)c1. The van der Waals surface area contributed by atoms with Crippen molar-refractivity contribution in [3.05, 3.63) is 54.4 Å². The highest BCUT2D eigenvalue weighted by molar-refractivity contribution is 5.54. The van der Waals surface area contributed by atoms with Gasteiger partial charge in [-0.2, -0.15) is 0 Å². The van der Waals surface area contributed by atoms with Crippen LogP contribution in [0.4, 0.5) is 11.4 Å². The van der Waals surface area contributed by atoms with Crippen LogP contribution in [0.3, 0.4) is 0 Å². The first kappa shape index (κ1) is 10.5. The fourth-order valence-electron chi connectivity index (χ4n) is 1.53. The highest BCUT2D eigenvalue weighted by Crippen LogP contribution is 2.11. The summed E-state index contributed by atoms with van der Waals surface area (Å²) >= 11 is 0. The Kier molecular flexibility index (Phi) is 3.38. The van der Waals surface area contributed by atoms with E-state index in [9.17, 15) is 0 Å². The normalized spacial score (nSPS) is 10.0. The fraction of sp³-hybridized carbons (Fsp3) is 0.154. The third-order valence-electron chi connectivity index (χ3n) is 2.32. The van der Waals surface area contributed by atoms with E-state index in [1.807, 2.05) is 48.7 Å². The van der Waals surface area contributed by atoms with Gasteiger partial charge in [0.25, 0.3) is 0 Å². The van der Waals surface area contributed by atoms with E-state index in [-0.39, 0.29) is 0 Å². The van der Waals surface area contributed by atoms with Crippen molar-refractivity contribution >= 4 is 11.4 Å². The molecule has 3 nitrogen and oxygen atoms in total. The van der Waals surface area contributed by atoms with Gasteiger partial charge in [-0.05, 0) is 30.3 Å². The van der Waals surface area contributed by atoms with Crippen LogP contribution in [-0.2, 0) is 6.42 Å². The maximum atomic E-state index is 5.69. The summed E-state index contributed by atoms with van der Waals surface area (Å²) in [5.41, 5.74) is 8.62. The Balaban J connectivity index is 1.85. The standard InChI is InChI=1S/C13H15N3/c14-11-4-3-6-13(10-11)16-9-7-12-5-1-2-8-15-12/h1-6,8,10,16H,7,9,14H2. The molecule has 82 valence electrons. The molecule has 0 bridgehead atoms. The molecule has 0 fully saturated rings. The predicted molar refractivity (Wildman–Crippen MR) is 67.3 cm³/mol. The van der Waals surface area contributed by atoms with Gasteiger partial charge in [-0.15, -0.1) is 0 Å². The van der Waals surface area contributed by atoms with Crippen molar-refractivity contribution in [2.75, 3.05) is 17.6 Å². The molecule has 0 amide bonds. The van der Waals surface area contributed by atoms with E-state index >= 15 is 0 Å². The molecule has 0 saturated heterocycles. The molecular formula is C13H15N3. The molecule has 16 heavy (non-hydrogen) atoms. The van der Waals surface area contributed by atoms with Crippen molar-refractivity contribution in [3.8, 4) is 0 Å². The van der Waals surface area contributed by atoms with Gasteiger partial charge in [0.2, 0.25) is 0 Å². The zero-order valence-electron chi connectivity index (χ0n) is 9.06. The minimum atomic E-state index is 0.780. The van der Waals surface area contributed by atoms with E-state index in [0.29, 0.717) is 0 Å². The van der Waals surface area contributed by atoms with Crippen LogP contribution in [0.15, 0.2) is 48.7 Å². The first-order valence-electron chi connectivity index (χ1n) is 5.34. The lowest BCUT2D eigenvalue weighted by molar-refractivity contribution is 0.962. The molecule has 2 rings (SSSR count). The van der Waals surface area contributed by atoms with Crippen LogP contribution in [0.5, 0.6) is 0 Å². The number of hydrogen-bond donors (Lipinski definition) is 2. The molecule has 3 heteroatoms. The Hall–Kier alpha value is -2.03. The van der Waals surface area contributed by atoms with Crippen LogP contribution in [0.1, 0.15) is 5.69 Å². The topological polar surface area (TPSA) is 50.9 Å². The Morgan fingerprint density at radius 3 is 2.81 bits per heavy atom. The number of nitrogens with two attached hydrogens (primary N) is 1. The Morgan fingerprint density at radius 2 is 2.06 bits per heavy atom. The highest BCUT2D eigenvalue weighted by Gasteiger charge is 1.94. The molecule has 0 atom stereocenters. The summed E-state index contributed by atoms with van der Waals surface area (Å²) in [7, 11) is 0. The number of anilines is 2. The van der Waals surface area contributed by atoms with E-state index in [0.717, 1.165) is 30.0 Å². The van der Waals surface area contributed by atoms with Crippen molar-refractivity contribution in [1.29, 1.82) is 0 Å². The van der Waals surface area contributed by atoms with E-state index in [2.05, 4.69) is 10.3 Å². The van der Waals surface area contributed by atoms with Gasteiger partial charge >= 0.3 is 0 Å². The lowest BCUT2D eigenvalue weighted by atomic mass is 10.2. The summed E-state index contributed by atoms with van der Waals surface area (Å²) in [5, 5.41) is 3.31. The zero-order valence-corrected chi connectivity index (χ0v) is 9.06. The van der Waals surface area contributed by atoms with E-state index in [1.165, 1.54) is 0 Å². The summed E-state index contributed by atoms with van der Waals surface area (Å²) in [6.07, 6.45) is 2.73. The van der Waals surface area contributed by atoms with Crippen LogP contribution in [-0.4, -0.2) is 11.5 Å². The predicted octanol–water partition coefficient (Wildman–Crippen LogP) is 2.32. The maximum absolute atomic E-state index is 5.69. The molecule has 0 unspecified atom stereocenters. The van der Waals surface area contributed by atoms with Crippen LogP contribution >= 0.6 is 0 Å². The number of benzene rings is 1. The molecule has 0 aliphatic carbocycles. The van der Waals surface area contributed by atoms with Crippen LogP contribution in [0, 0.1) is 0 Å². The van der Waals surface area contributed by atoms with Crippen molar-refractivity contribution in [1.82, 2.24) is 4.98 Å². The summed E-state index contributed by atoms with van der Waals surface area (Å²) in [4.78, 5) is 4.26. The molecule has 0 spiro atoms. The third-order valence-corrected chi connectivity index (χ3v) is 2.32. The van der Waals surface area contributed by atoms with Gasteiger partial charge in [0.15, 0.2) is 0 Å². The molecule has 2 aromatic rings. The lowest BCUT2D eigenvalue weighted by Crippen LogP contribution is -2.05. The summed E-state index contributed by atoms with van der Waals surface area (Å²) in [5.74, 6) is 0. The molecule has 0 aliphatic heterocycles. The van der Waals surface area contributed by atoms with E-state index < -0.39 is 0 Å². The fourth-order valence-corrected chi connectivity index (χ4v) is 1.53. The van der Waals surface area contributed by atoms with Crippen LogP contribution in [0.2, 0.25) is 0 Å². The first-order valence-corrected chi connectivity index (χ1v) is 5.34. The number of aromatic nitrogens is 1. The van der Waals surface area contributed by atoms with Gasteiger partial charge in [-0.25, -0.2) is 0 Å². The molecule has 0 aliphatic rings. The van der Waals surface area contributed by atoms with Gasteiger partial charge in [0.1, 0.15) is 0 Å². The van der Waals surface area contributed by atoms with Crippen LogP contribution < -0.4 is 11.1 Å². The quantitative estimate of drug-likeness (QED) is 0.766. The smallest absolute Gasteiger partial charge is 0.0421 e. The second-order valence-corrected chi connectivity index (χ2v) is 3.62. The number of rotatable bonds is 4. The largest absolute Gasteiger partial charge is 0.399 e. The van der Waals surface area contributed by atoms with Crippen molar-refractivity contribution < 1.29 is 0 Å². The third kappa shape index (κ3) is 2.98. The number of nitrogen functional groups attached to an aromatic ring is 1. The first-order chi connectivity index (χ1) is 7.84.